The highest BCUT2D eigenvalue weighted by Gasteiger charge is 2.26. The van der Waals surface area contributed by atoms with Crippen LogP contribution in [0.3, 0.4) is 0 Å². The summed E-state index contributed by atoms with van der Waals surface area (Å²) < 4.78 is 21.0. The van der Waals surface area contributed by atoms with Gasteiger partial charge in [0.25, 0.3) is 0 Å². The number of carbonyl (C=O) groups excluding carboxylic acids is 1. The lowest BCUT2D eigenvalue weighted by molar-refractivity contribution is -0.125. The zero-order valence-electron chi connectivity index (χ0n) is 17.5. The lowest BCUT2D eigenvalue weighted by atomic mass is 9.85. The fourth-order valence-corrected chi connectivity index (χ4v) is 3.65. The Morgan fingerprint density at radius 2 is 2.10 bits per heavy atom. The Hall–Kier alpha value is -2.25. The molecule has 7 heteroatoms. The highest BCUT2D eigenvalue weighted by molar-refractivity contribution is 5.78. The minimum absolute atomic E-state index is 0.0129. The number of ether oxygens (including phenoxy) is 1. The van der Waals surface area contributed by atoms with Gasteiger partial charge in [0.1, 0.15) is 5.82 Å². The van der Waals surface area contributed by atoms with Crippen LogP contribution in [0.4, 0.5) is 4.39 Å². The molecule has 1 saturated heterocycles. The van der Waals surface area contributed by atoms with Crippen molar-refractivity contribution in [3.63, 3.8) is 0 Å². The van der Waals surface area contributed by atoms with Gasteiger partial charge in [-0.1, -0.05) is 32.9 Å². The number of morpholine rings is 1. The van der Waals surface area contributed by atoms with E-state index in [0.717, 1.165) is 18.5 Å². The summed E-state index contributed by atoms with van der Waals surface area (Å²) in [6.07, 6.45) is 4.45. The van der Waals surface area contributed by atoms with Crippen LogP contribution in [0.1, 0.15) is 38.8 Å². The zero-order valence-corrected chi connectivity index (χ0v) is 17.5. The number of benzene rings is 1. The molecule has 1 N–H and O–H groups in total. The van der Waals surface area contributed by atoms with E-state index in [2.05, 4.69) is 36.1 Å². The lowest BCUT2D eigenvalue weighted by Gasteiger charge is -2.33. The number of nitrogens with zero attached hydrogens (tertiary/aromatic N) is 3. The molecular weight excluding hydrogens is 371 g/mol. The molecular formula is C22H31FN4O2. The fraction of sp³-hybridized carbons (Fsp3) is 0.545. The van der Waals surface area contributed by atoms with E-state index in [0.29, 0.717) is 26.2 Å². The van der Waals surface area contributed by atoms with Gasteiger partial charge in [0.05, 0.1) is 31.8 Å². The number of hydrogen-bond donors (Lipinski definition) is 1. The summed E-state index contributed by atoms with van der Waals surface area (Å²) in [5.41, 5.74) is 0.952. The Morgan fingerprint density at radius 3 is 2.76 bits per heavy atom. The molecule has 158 valence electrons. The maximum atomic E-state index is 13.3. The molecule has 2 aromatic rings. The monoisotopic (exact) mass is 402 g/mol. The first-order chi connectivity index (χ1) is 13.8. The van der Waals surface area contributed by atoms with Crippen molar-refractivity contribution in [3.05, 3.63) is 54.1 Å². The van der Waals surface area contributed by atoms with Crippen molar-refractivity contribution >= 4 is 5.91 Å². The van der Waals surface area contributed by atoms with Gasteiger partial charge in [-0.25, -0.2) is 4.39 Å². The predicted molar refractivity (Wildman–Crippen MR) is 110 cm³/mol. The van der Waals surface area contributed by atoms with Gasteiger partial charge in [-0.15, -0.1) is 0 Å². The largest absolute Gasteiger partial charge is 0.374 e. The summed E-state index contributed by atoms with van der Waals surface area (Å²) in [5, 5.41) is 7.38. The lowest BCUT2D eigenvalue weighted by Crippen LogP contribution is -2.48. The van der Waals surface area contributed by atoms with Crippen LogP contribution in [0.15, 0.2) is 42.7 Å². The average Bonchev–Trinajstić information content (AvgIpc) is 3.14. The maximum Gasteiger partial charge on any atom is 0.234 e. The number of nitrogens with one attached hydrogen (secondary N) is 1. The van der Waals surface area contributed by atoms with Gasteiger partial charge in [0.2, 0.25) is 5.91 Å². The number of rotatable bonds is 7. The minimum atomic E-state index is -0.272. The number of aromatic nitrogens is 2. The van der Waals surface area contributed by atoms with Gasteiger partial charge in [0.15, 0.2) is 0 Å². The van der Waals surface area contributed by atoms with E-state index in [-0.39, 0.29) is 29.3 Å². The third-order valence-corrected chi connectivity index (χ3v) is 4.96. The summed E-state index contributed by atoms with van der Waals surface area (Å²) in [6, 6.07) is 8.13. The molecule has 0 aliphatic carbocycles. The van der Waals surface area contributed by atoms with Crippen molar-refractivity contribution in [3.8, 4) is 0 Å². The Labute approximate surface area is 172 Å². The van der Waals surface area contributed by atoms with Crippen molar-refractivity contribution in [2.75, 3.05) is 26.2 Å². The molecule has 1 amide bonds. The van der Waals surface area contributed by atoms with E-state index in [1.54, 1.807) is 18.3 Å². The van der Waals surface area contributed by atoms with E-state index < -0.39 is 0 Å². The Morgan fingerprint density at radius 1 is 1.34 bits per heavy atom. The topological polar surface area (TPSA) is 59.4 Å². The summed E-state index contributed by atoms with van der Waals surface area (Å²) >= 11 is 0. The van der Waals surface area contributed by atoms with Gasteiger partial charge in [-0.2, -0.15) is 5.10 Å². The zero-order chi connectivity index (χ0) is 20.9. The molecule has 1 aromatic carbocycles. The summed E-state index contributed by atoms with van der Waals surface area (Å²) in [5.74, 6) is -0.297. The molecule has 2 atom stereocenters. The SMILES string of the molecule is CC(C)(C)CC(NC(=O)CN1CCOC(Cn2cccn2)C1)c1ccc(F)cc1. The molecule has 6 nitrogen and oxygen atoms in total. The Bertz CT molecular complexity index is 771. The third-order valence-electron chi connectivity index (χ3n) is 4.96. The van der Waals surface area contributed by atoms with Crippen molar-refractivity contribution in [2.45, 2.75) is 45.9 Å². The van der Waals surface area contributed by atoms with Crippen LogP contribution in [0.2, 0.25) is 0 Å². The minimum Gasteiger partial charge on any atom is -0.374 e. The number of halogens is 1. The average molecular weight is 403 g/mol. The van der Waals surface area contributed by atoms with E-state index in [9.17, 15) is 9.18 Å². The molecule has 1 aliphatic heterocycles. The normalized spacial score (nSPS) is 19.1. The van der Waals surface area contributed by atoms with Gasteiger partial charge < -0.3 is 10.1 Å². The van der Waals surface area contributed by atoms with Gasteiger partial charge in [0, 0.05) is 25.5 Å². The smallest absolute Gasteiger partial charge is 0.234 e. The molecule has 2 heterocycles. The first-order valence-electron chi connectivity index (χ1n) is 10.1. The van der Waals surface area contributed by atoms with E-state index in [1.165, 1.54) is 12.1 Å². The van der Waals surface area contributed by atoms with Crippen LogP contribution in [0.5, 0.6) is 0 Å². The number of hydrogen-bond acceptors (Lipinski definition) is 4. The van der Waals surface area contributed by atoms with E-state index in [1.807, 2.05) is 16.9 Å². The van der Waals surface area contributed by atoms with Crippen LogP contribution in [-0.2, 0) is 16.1 Å². The number of carbonyl (C=O) groups is 1. The first kappa shape index (κ1) is 21.5. The summed E-state index contributed by atoms with van der Waals surface area (Å²) in [6.45, 7) is 9.42. The Kier molecular flexibility index (Phi) is 7.03. The molecule has 0 saturated carbocycles. The molecule has 2 unspecified atom stereocenters. The fourth-order valence-electron chi connectivity index (χ4n) is 3.65. The van der Waals surface area contributed by atoms with Crippen LogP contribution < -0.4 is 5.32 Å². The maximum absolute atomic E-state index is 13.3. The van der Waals surface area contributed by atoms with Crippen molar-refractivity contribution in [1.82, 2.24) is 20.0 Å². The van der Waals surface area contributed by atoms with E-state index in [4.69, 9.17) is 4.74 Å². The van der Waals surface area contributed by atoms with Crippen molar-refractivity contribution in [1.29, 1.82) is 0 Å². The van der Waals surface area contributed by atoms with Gasteiger partial charge in [-0.3, -0.25) is 14.4 Å². The number of amides is 1. The second kappa shape index (κ2) is 9.50. The Balaban J connectivity index is 1.58. The van der Waals surface area contributed by atoms with Crippen LogP contribution in [-0.4, -0.2) is 52.9 Å². The quantitative estimate of drug-likeness (QED) is 0.774. The van der Waals surface area contributed by atoms with Crippen molar-refractivity contribution in [2.24, 2.45) is 5.41 Å². The highest BCUT2D eigenvalue weighted by Crippen LogP contribution is 2.29. The molecule has 1 aliphatic rings. The summed E-state index contributed by atoms with van der Waals surface area (Å²) in [4.78, 5) is 14.9. The van der Waals surface area contributed by atoms with E-state index >= 15 is 0 Å². The molecule has 3 rings (SSSR count). The summed E-state index contributed by atoms with van der Waals surface area (Å²) in [7, 11) is 0. The third kappa shape index (κ3) is 6.94. The second-order valence-corrected chi connectivity index (χ2v) is 8.89. The van der Waals surface area contributed by atoms with Crippen LogP contribution in [0.25, 0.3) is 0 Å². The molecule has 1 fully saturated rings. The van der Waals surface area contributed by atoms with Crippen LogP contribution in [0, 0.1) is 11.2 Å². The molecule has 29 heavy (non-hydrogen) atoms. The highest BCUT2D eigenvalue weighted by atomic mass is 19.1. The van der Waals surface area contributed by atoms with Gasteiger partial charge >= 0.3 is 0 Å². The standard InChI is InChI=1S/C22H31FN4O2/c1-22(2,3)13-20(17-5-7-18(23)8-6-17)25-21(28)16-26-11-12-29-19(14-26)15-27-10-4-9-24-27/h4-10,19-20H,11-16H2,1-3H3,(H,25,28). The predicted octanol–water partition coefficient (Wildman–Crippen LogP) is 3.02. The van der Waals surface area contributed by atoms with Gasteiger partial charge in [-0.05, 0) is 35.6 Å². The second-order valence-electron chi connectivity index (χ2n) is 8.89. The van der Waals surface area contributed by atoms with Crippen LogP contribution >= 0.6 is 0 Å². The first-order valence-corrected chi connectivity index (χ1v) is 10.1. The molecule has 0 spiro atoms. The molecule has 1 aromatic heterocycles. The molecule has 0 radical (unpaired) electrons. The molecule has 0 bridgehead atoms. The van der Waals surface area contributed by atoms with Crippen molar-refractivity contribution < 1.29 is 13.9 Å².